The van der Waals surface area contributed by atoms with Gasteiger partial charge in [-0.25, -0.2) is 5.43 Å². The van der Waals surface area contributed by atoms with Crippen molar-refractivity contribution in [1.82, 2.24) is 5.43 Å². The van der Waals surface area contributed by atoms with Crippen molar-refractivity contribution in [3.8, 4) is 11.5 Å². The molecule has 0 aliphatic heterocycles. The van der Waals surface area contributed by atoms with Crippen molar-refractivity contribution in [2.45, 2.75) is 26.6 Å². The molecule has 3 rings (SSSR count). The molecule has 31 heavy (non-hydrogen) atoms. The molecular formula is C26H26N2O3. The number of ether oxygens (including phenoxy) is 2. The number of amides is 1. The Morgan fingerprint density at radius 3 is 2.23 bits per heavy atom. The Bertz CT molecular complexity index is 1010. The van der Waals surface area contributed by atoms with Gasteiger partial charge in [0, 0.05) is 0 Å². The van der Waals surface area contributed by atoms with Crippen molar-refractivity contribution in [3.05, 3.63) is 102 Å². The largest absolute Gasteiger partial charge is 0.489 e. The topological polar surface area (TPSA) is 59.9 Å². The van der Waals surface area contributed by atoms with Crippen molar-refractivity contribution in [2.75, 3.05) is 0 Å². The number of hydrogen-bond donors (Lipinski definition) is 1. The first-order valence-corrected chi connectivity index (χ1v) is 10.1. The average Bonchev–Trinajstić information content (AvgIpc) is 2.82. The zero-order valence-corrected chi connectivity index (χ0v) is 17.7. The van der Waals surface area contributed by atoms with Gasteiger partial charge in [0.25, 0.3) is 5.91 Å². The number of nitrogens with one attached hydrogen (secondary N) is 1. The molecule has 0 fully saturated rings. The van der Waals surface area contributed by atoms with Gasteiger partial charge in [-0.15, -0.1) is 0 Å². The minimum atomic E-state index is -0.689. The van der Waals surface area contributed by atoms with Gasteiger partial charge in [0.05, 0.1) is 5.71 Å². The van der Waals surface area contributed by atoms with Gasteiger partial charge in [-0.05, 0) is 55.3 Å². The van der Waals surface area contributed by atoms with Gasteiger partial charge in [-0.3, -0.25) is 4.79 Å². The quantitative estimate of drug-likeness (QED) is 0.385. The Labute approximate surface area is 183 Å². The molecule has 1 N–H and O–H groups in total. The van der Waals surface area contributed by atoms with Gasteiger partial charge in [0.15, 0.2) is 6.10 Å². The van der Waals surface area contributed by atoms with Crippen LogP contribution in [-0.4, -0.2) is 17.7 Å². The van der Waals surface area contributed by atoms with Crippen LogP contribution in [0.25, 0.3) is 6.08 Å². The Morgan fingerprint density at radius 1 is 0.935 bits per heavy atom. The molecule has 5 heteroatoms. The van der Waals surface area contributed by atoms with E-state index in [0.717, 1.165) is 16.9 Å². The number of hydrazone groups is 1. The molecule has 0 radical (unpaired) electrons. The van der Waals surface area contributed by atoms with Crippen LogP contribution in [0.4, 0.5) is 0 Å². The minimum absolute atomic E-state index is 0.322. The molecule has 158 valence electrons. The van der Waals surface area contributed by atoms with Crippen LogP contribution in [0.15, 0.2) is 96.1 Å². The fourth-order valence-corrected chi connectivity index (χ4v) is 2.67. The fourth-order valence-electron chi connectivity index (χ4n) is 2.67. The molecule has 1 unspecified atom stereocenters. The summed E-state index contributed by atoms with van der Waals surface area (Å²) < 4.78 is 11.5. The standard InChI is InChI=1S/C26H26N2O3/c1-20(13-14-22-9-5-3-6-10-22)27-28-26(29)21(2)31-25-17-15-24(16-18-25)30-19-23-11-7-4-8-12-23/h3-18,21H,19H2,1-2H3,(H,28,29). The monoisotopic (exact) mass is 414 g/mol. The summed E-state index contributed by atoms with van der Waals surface area (Å²) in [4.78, 5) is 12.3. The van der Waals surface area contributed by atoms with E-state index in [1.54, 1.807) is 19.1 Å². The molecule has 0 aromatic heterocycles. The van der Waals surface area contributed by atoms with E-state index >= 15 is 0 Å². The third-order valence-corrected chi connectivity index (χ3v) is 4.41. The Kier molecular flexibility index (Phi) is 8.00. The van der Waals surface area contributed by atoms with E-state index in [1.165, 1.54) is 0 Å². The Morgan fingerprint density at radius 2 is 1.55 bits per heavy atom. The lowest BCUT2D eigenvalue weighted by Gasteiger charge is -2.13. The summed E-state index contributed by atoms with van der Waals surface area (Å²) in [5, 5.41) is 4.10. The molecular weight excluding hydrogens is 388 g/mol. The van der Waals surface area contributed by atoms with E-state index in [9.17, 15) is 4.79 Å². The summed E-state index contributed by atoms with van der Waals surface area (Å²) >= 11 is 0. The summed E-state index contributed by atoms with van der Waals surface area (Å²) in [5.41, 5.74) is 5.39. The van der Waals surface area contributed by atoms with Crippen LogP contribution in [0, 0.1) is 0 Å². The van der Waals surface area contributed by atoms with Crippen molar-refractivity contribution in [3.63, 3.8) is 0 Å². The van der Waals surface area contributed by atoms with Crippen LogP contribution in [0.2, 0.25) is 0 Å². The number of hydrogen-bond acceptors (Lipinski definition) is 4. The summed E-state index contributed by atoms with van der Waals surface area (Å²) in [6.45, 7) is 4.00. The number of carbonyl (C=O) groups is 1. The van der Waals surface area contributed by atoms with Crippen LogP contribution < -0.4 is 14.9 Å². The lowest BCUT2D eigenvalue weighted by Crippen LogP contribution is -2.33. The number of allylic oxidation sites excluding steroid dienone is 1. The van der Waals surface area contributed by atoms with E-state index in [-0.39, 0.29) is 5.91 Å². The molecule has 0 spiro atoms. The molecule has 0 aliphatic rings. The van der Waals surface area contributed by atoms with Crippen LogP contribution >= 0.6 is 0 Å². The lowest BCUT2D eigenvalue weighted by atomic mass is 10.2. The van der Waals surface area contributed by atoms with Gasteiger partial charge in [0.1, 0.15) is 18.1 Å². The molecule has 0 aliphatic carbocycles. The first kappa shape index (κ1) is 21.8. The van der Waals surface area contributed by atoms with Crippen molar-refractivity contribution in [2.24, 2.45) is 5.10 Å². The van der Waals surface area contributed by atoms with Crippen LogP contribution in [0.3, 0.4) is 0 Å². The highest BCUT2D eigenvalue weighted by Crippen LogP contribution is 2.19. The van der Waals surface area contributed by atoms with E-state index in [1.807, 2.05) is 91.9 Å². The van der Waals surface area contributed by atoms with Gasteiger partial charge in [-0.1, -0.05) is 66.7 Å². The van der Waals surface area contributed by atoms with Gasteiger partial charge in [-0.2, -0.15) is 5.10 Å². The second-order valence-corrected chi connectivity index (χ2v) is 6.98. The third kappa shape index (κ3) is 7.48. The molecule has 0 heterocycles. The Balaban J connectivity index is 1.46. The highest BCUT2D eigenvalue weighted by molar-refractivity contribution is 5.97. The van der Waals surface area contributed by atoms with Gasteiger partial charge in [0.2, 0.25) is 0 Å². The molecule has 1 atom stereocenters. The van der Waals surface area contributed by atoms with E-state index in [0.29, 0.717) is 18.1 Å². The third-order valence-electron chi connectivity index (χ3n) is 4.41. The Hall–Kier alpha value is -3.86. The van der Waals surface area contributed by atoms with Crippen molar-refractivity contribution in [1.29, 1.82) is 0 Å². The number of carbonyl (C=O) groups excluding carboxylic acids is 1. The zero-order valence-electron chi connectivity index (χ0n) is 17.7. The normalized spacial score (nSPS) is 12.4. The predicted octanol–water partition coefficient (Wildman–Crippen LogP) is 5.24. The molecule has 3 aromatic rings. The second kappa shape index (κ2) is 11.4. The zero-order chi connectivity index (χ0) is 21.9. The summed E-state index contributed by atoms with van der Waals surface area (Å²) in [6.07, 6.45) is 3.09. The average molecular weight is 415 g/mol. The maximum Gasteiger partial charge on any atom is 0.280 e. The van der Waals surface area contributed by atoms with Crippen LogP contribution in [0.1, 0.15) is 25.0 Å². The second-order valence-electron chi connectivity index (χ2n) is 6.98. The van der Waals surface area contributed by atoms with Crippen molar-refractivity contribution < 1.29 is 14.3 Å². The maximum atomic E-state index is 12.3. The summed E-state index contributed by atoms with van der Waals surface area (Å²) in [5.74, 6) is 0.995. The fraction of sp³-hybridized carbons (Fsp3) is 0.154. The molecule has 0 saturated heterocycles. The van der Waals surface area contributed by atoms with Crippen molar-refractivity contribution >= 4 is 17.7 Å². The summed E-state index contributed by atoms with van der Waals surface area (Å²) in [6, 6.07) is 27.0. The molecule has 3 aromatic carbocycles. The predicted molar refractivity (Wildman–Crippen MR) is 124 cm³/mol. The molecule has 1 amide bonds. The number of nitrogens with zero attached hydrogens (tertiary/aromatic N) is 1. The minimum Gasteiger partial charge on any atom is -0.489 e. The number of rotatable bonds is 9. The summed E-state index contributed by atoms with van der Waals surface area (Å²) in [7, 11) is 0. The highest BCUT2D eigenvalue weighted by atomic mass is 16.5. The van der Waals surface area contributed by atoms with Crippen LogP contribution in [-0.2, 0) is 11.4 Å². The van der Waals surface area contributed by atoms with Gasteiger partial charge >= 0.3 is 0 Å². The highest BCUT2D eigenvalue weighted by Gasteiger charge is 2.14. The van der Waals surface area contributed by atoms with Crippen LogP contribution in [0.5, 0.6) is 11.5 Å². The molecule has 5 nitrogen and oxygen atoms in total. The smallest absolute Gasteiger partial charge is 0.280 e. The van der Waals surface area contributed by atoms with E-state index < -0.39 is 6.10 Å². The molecule has 0 bridgehead atoms. The maximum absolute atomic E-state index is 12.3. The molecule has 0 saturated carbocycles. The SMILES string of the molecule is CC(C=Cc1ccccc1)=NNC(=O)C(C)Oc1ccc(OCc2ccccc2)cc1. The van der Waals surface area contributed by atoms with E-state index in [4.69, 9.17) is 9.47 Å². The lowest BCUT2D eigenvalue weighted by molar-refractivity contribution is -0.127. The number of benzene rings is 3. The first-order valence-electron chi connectivity index (χ1n) is 10.1. The van der Waals surface area contributed by atoms with Gasteiger partial charge < -0.3 is 9.47 Å². The van der Waals surface area contributed by atoms with E-state index in [2.05, 4.69) is 10.5 Å². The first-order chi connectivity index (χ1) is 15.1.